The van der Waals surface area contributed by atoms with Crippen molar-refractivity contribution >= 4 is 34.9 Å². The van der Waals surface area contributed by atoms with Gasteiger partial charge in [0, 0.05) is 37.3 Å². The van der Waals surface area contributed by atoms with Gasteiger partial charge in [0.15, 0.2) is 0 Å². The standard InChI is InChI=1S/C23H24N6O2S2/c1-14-17(21(24)31)11-20(28(14)10-9-25-15(2)30)19-13-33-22(26-19)18-12-29(27-23(18)32-3)16-7-5-4-6-8-16/h4-8,11-13H,9-10H2,1-3H3,(H2,24,31)(H,25,30). The normalized spacial score (nSPS) is 11.0. The molecule has 0 unspecified atom stereocenters. The quantitative estimate of drug-likeness (QED) is 0.374. The molecule has 0 aliphatic rings. The van der Waals surface area contributed by atoms with Gasteiger partial charge in [-0.2, -0.15) is 5.10 Å². The number of carbonyl (C=O) groups excluding carboxylic acids is 2. The van der Waals surface area contributed by atoms with E-state index in [2.05, 4.69) is 5.32 Å². The number of nitrogens with two attached hydrogens (primary N) is 1. The summed E-state index contributed by atoms with van der Waals surface area (Å²) in [5.74, 6) is -0.594. The molecule has 3 aromatic heterocycles. The summed E-state index contributed by atoms with van der Waals surface area (Å²) >= 11 is 3.09. The summed E-state index contributed by atoms with van der Waals surface area (Å²) < 4.78 is 3.82. The summed E-state index contributed by atoms with van der Waals surface area (Å²) in [4.78, 5) is 28.1. The number of nitrogens with zero attached hydrogens (tertiary/aromatic N) is 4. The number of primary amides is 1. The van der Waals surface area contributed by atoms with Gasteiger partial charge in [-0.25, -0.2) is 9.67 Å². The molecule has 2 amide bonds. The number of carbonyl (C=O) groups is 2. The maximum absolute atomic E-state index is 12.0. The van der Waals surface area contributed by atoms with Gasteiger partial charge in [-0.3, -0.25) is 9.59 Å². The Bertz CT molecular complexity index is 1310. The number of aromatic nitrogens is 4. The molecule has 3 heterocycles. The zero-order valence-electron chi connectivity index (χ0n) is 18.5. The van der Waals surface area contributed by atoms with Gasteiger partial charge in [-0.05, 0) is 31.4 Å². The molecule has 0 aliphatic carbocycles. The van der Waals surface area contributed by atoms with Crippen LogP contribution in [-0.4, -0.2) is 43.9 Å². The molecule has 4 aromatic rings. The van der Waals surface area contributed by atoms with Gasteiger partial charge in [0.05, 0.1) is 28.2 Å². The molecule has 33 heavy (non-hydrogen) atoms. The topological polar surface area (TPSA) is 108 Å². The molecule has 3 N–H and O–H groups in total. The zero-order valence-corrected chi connectivity index (χ0v) is 20.2. The SMILES string of the molecule is CSc1nn(-c2ccccc2)cc1-c1nc(-c2cc(C(N)=O)c(C)n2CCNC(C)=O)cs1. The highest BCUT2D eigenvalue weighted by molar-refractivity contribution is 7.98. The number of rotatable bonds is 8. The van der Waals surface area contributed by atoms with Crippen LogP contribution in [0.4, 0.5) is 0 Å². The molecule has 0 radical (unpaired) electrons. The van der Waals surface area contributed by atoms with Crippen molar-refractivity contribution in [1.29, 1.82) is 0 Å². The van der Waals surface area contributed by atoms with Crippen molar-refractivity contribution < 1.29 is 9.59 Å². The van der Waals surface area contributed by atoms with Crippen LogP contribution in [0.2, 0.25) is 0 Å². The number of para-hydroxylation sites is 1. The van der Waals surface area contributed by atoms with Gasteiger partial charge in [-0.1, -0.05) is 18.2 Å². The first-order chi connectivity index (χ1) is 15.9. The molecule has 0 fully saturated rings. The van der Waals surface area contributed by atoms with Crippen LogP contribution in [-0.2, 0) is 11.3 Å². The number of amides is 2. The Morgan fingerprint density at radius 2 is 2.00 bits per heavy atom. The highest BCUT2D eigenvalue weighted by atomic mass is 32.2. The van der Waals surface area contributed by atoms with E-state index >= 15 is 0 Å². The number of thiazole rings is 1. The first kappa shape index (κ1) is 22.8. The Balaban J connectivity index is 1.72. The monoisotopic (exact) mass is 480 g/mol. The summed E-state index contributed by atoms with van der Waals surface area (Å²) in [6, 6.07) is 11.7. The second-order valence-corrected chi connectivity index (χ2v) is 9.05. The predicted octanol–water partition coefficient (Wildman–Crippen LogP) is 3.73. The fraction of sp³-hybridized carbons (Fsp3) is 0.217. The third kappa shape index (κ3) is 4.71. The minimum absolute atomic E-state index is 0.104. The van der Waals surface area contributed by atoms with Crippen LogP contribution >= 0.6 is 23.1 Å². The van der Waals surface area contributed by atoms with E-state index in [4.69, 9.17) is 15.8 Å². The Morgan fingerprint density at radius 1 is 1.24 bits per heavy atom. The van der Waals surface area contributed by atoms with Gasteiger partial charge < -0.3 is 15.6 Å². The fourth-order valence-corrected chi connectivity index (χ4v) is 5.05. The van der Waals surface area contributed by atoms with E-state index in [9.17, 15) is 9.59 Å². The highest BCUT2D eigenvalue weighted by Gasteiger charge is 2.20. The molecule has 1 aromatic carbocycles. The molecule has 10 heteroatoms. The van der Waals surface area contributed by atoms with Crippen molar-refractivity contribution in [2.45, 2.75) is 25.4 Å². The molecule has 170 valence electrons. The van der Waals surface area contributed by atoms with Crippen LogP contribution in [0.3, 0.4) is 0 Å². The minimum atomic E-state index is -0.490. The Morgan fingerprint density at radius 3 is 2.67 bits per heavy atom. The van der Waals surface area contributed by atoms with Crippen LogP contribution in [0, 0.1) is 6.92 Å². The predicted molar refractivity (Wildman–Crippen MR) is 132 cm³/mol. The summed E-state index contributed by atoms with van der Waals surface area (Å²) in [6.45, 7) is 4.26. The van der Waals surface area contributed by atoms with E-state index in [1.165, 1.54) is 18.3 Å². The lowest BCUT2D eigenvalue weighted by atomic mass is 10.2. The third-order valence-corrected chi connectivity index (χ3v) is 6.80. The van der Waals surface area contributed by atoms with Crippen LogP contribution in [0.15, 0.2) is 53.0 Å². The van der Waals surface area contributed by atoms with Gasteiger partial charge in [0.2, 0.25) is 5.91 Å². The number of benzene rings is 1. The van der Waals surface area contributed by atoms with Crippen molar-refractivity contribution in [3.8, 4) is 27.6 Å². The number of nitrogens with one attached hydrogen (secondary N) is 1. The lowest BCUT2D eigenvalue weighted by Gasteiger charge is -2.11. The Labute approximate surface area is 199 Å². The maximum atomic E-state index is 12.0. The first-order valence-corrected chi connectivity index (χ1v) is 12.4. The van der Waals surface area contributed by atoms with Crippen molar-refractivity contribution in [2.75, 3.05) is 12.8 Å². The largest absolute Gasteiger partial charge is 0.366 e. The summed E-state index contributed by atoms with van der Waals surface area (Å²) in [6.07, 6.45) is 3.98. The van der Waals surface area contributed by atoms with E-state index in [1.54, 1.807) is 17.8 Å². The second-order valence-electron chi connectivity index (χ2n) is 7.40. The lowest BCUT2D eigenvalue weighted by molar-refractivity contribution is -0.118. The molecule has 0 spiro atoms. The molecule has 4 rings (SSSR count). The van der Waals surface area contributed by atoms with Crippen molar-refractivity contribution in [3.63, 3.8) is 0 Å². The molecule has 0 aliphatic heterocycles. The fourth-order valence-electron chi connectivity index (χ4n) is 3.62. The lowest BCUT2D eigenvalue weighted by Crippen LogP contribution is -2.25. The first-order valence-electron chi connectivity index (χ1n) is 10.3. The number of thioether (sulfide) groups is 1. The zero-order chi connectivity index (χ0) is 23.5. The Hall–Kier alpha value is -3.37. The Kier molecular flexibility index (Phi) is 6.66. The molecular formula is C23H24N6O2S2. The average Bonchev–Trinajstić information content (AvgIpc) is 3.51. The van der Waals surface area contributed by atoms with Crippen LogP contribution in [0.5, 0.6) is 0 Å². The molecule has 0 atom stereocenters. The minimum Gasteiger partial charge on any atom is -0.366 e. The third-order valence-electron chi connectivity index (χ3n) is 5.23. The summed E-state index contributed by atoms with van der Waals surface area (Å²) in [5.41, 5.74) is 10.2. The molecule has 0 bridgehead atoms. The van der Waals surface area contributed by atoms with Gasteiger partial charge in [0.25, 0.3) is 5.91 Å². The molecule has 0 saturated heterocycles. The molecular weight excluding hydrogens is 456 g/mol. The van der Waals surface area contributed by atoms with Crippen molar-refractivity contribution in [3.05, 3.63) is 59.2 Å². The highest BCUT2D eigenvalue weighted by Crippen LogP contribution is 2.35. The molecule has 8 nitrogen and oxygen atoms in total. The van der Waals surface area contributed by atoms with Crippen LogP contribution in [0.1, 0.15) is 23.0 Å². The second kappa shape index (κ2) is 9.63. The number of hydrogen-bond acceptors (Lipinski definition) is 6. The smallest absolute Gasteiger partial charge is 0.250 e. The van der Waals surface area contributed by atoms with E-state index in [0.717, 1.165) is 38.4 Å². The summed E-state index contributed by atoms with van der Waals surface area (Å²) in [5, 5.41) is 11.2. The van der Waals surface area contributed by atoms with Gasteiger partial charge in [-0.15, -0.1) is 23.1 Å². The number of hydrogen-bond donors (Lipinski definition) is 2. The van der Waals surface area contributed by atoms with E-state index in [-0.39, 0.29) is 5.91 Å². The average molecular weight is 481 g/mol. The van der Waals surface area contributed by atoms with Crippen molar-refractivity contribution in [1.82, 2.24) is 24.6 Å². The van der Waals surface area contributed by atoms with Crippen LogP contribution < -0.4 is 11.1 Å². The maximum Gasteiger partial charge on any atom is 0.250 e. The van der Waals surface area contributed by atoms with E-state index in [1.807, 2.05) is 64.3 Å². The van der Waals surface area contributed by atoms with Gasteiger partial charge >= 0.3 is 0 Å². The van der Waals surface area contributed by atoms with Crippen molar-refractivity contribution in [2.24, 2.45) is 5.73 Å². The van der Waals surface area contributed by atoms with E-state index < -0.39 is 5.91 Å². The molecule has 0 saturated carbocycles. The van der Waals surface area contributed by atoms with Gasteiger partial charge in [0.1, 0.15) is 10.0 Å². The van der Waals surface area contributed by atoms with E-state index in [0.29, 0.717) is 18.7 Å². The van der Waals surface area contributed by atoms with Crippen LogP contribution in [0.25, 0.3) is 27.6 Å². The summed E-state index contributed by atoms with van der Waals surface area (Å²) in [7, 11) is 0.